The molecule has 0 aliphatic carbocycles. The Hall–Kier alpha value is -1.30. The van der Waals surface area contributed by atoms with Gasteiger partial charge in [0.15, 0.2) is 0 Å². The van der Waals surface area contributed by atoms with E-state index in [1.165, 1.54) is 6.92 Å². The van der Waals surface area contributed by atoms with Crippen LogP contribution in [0.3, 0.4) is 0 Å². The Labute approximate surface area is 95.6 Å². The summed E-state index contributed by atoms with van der Waals surface area (Å²) in [5, 5.41) is 14.3. The van der Waals surface area contributed by atoms with Gasteiger partial charge in [0.25, 0.3) is 0 Å². The molecule has 6 heteroatoms. The van der Waals surface area contributed by atoms with Gasteiger partial charge in [0.1, 0.15) is 6.04 Å². The van der Waals surface area contributed by atoms with Gasteiger partial charge in [0.05, 0.1) is 6.10 Å². The molecule has 0 rings (SSSR count). The first-order valence-electron chi connectivity index (χ1n) is 5.34. The molecule has 2 unspecified atom stereocenters. The fourth-order valence-electron chi connectivity index (χ4n) is 1.28. The van der Waals surface area contributed by atoms with Crippen molar-refractivity contribution in [2.75, 3.05) is 6.54 Å². The SMILES string of the molecule is CC(C)CC(O)CNC(=O)C(C)NC(N)=O. The highest BCUT2D eigenvalue weighted by Gasteiger charge is 2.15. The molecule has 0 aromatic rings. The normalized spacial score (nSPS) is 14.3. The van der Waals surface area contributed by atoms with Crippen LogP contribution in [-0.2, 0) is 4.79 Å². The van der Waals surface area contributed by atoms with Crippen LogP contribution in [0, 0.1) is 5.92 Å². The first-order chi connectivity index (χ1) is 7.32. The number of nitrogens with one attached hydrogen (secondary N) is 2. The topological polar surface area (TPSA) is 104 Å². The first-order valence-corrected chi connectivity index (χ1v) is 5.34. The molecule has 0 saturated carbocycles. The standard InChI is InChI=1S/C10H21N3O3/c1-6(2)4-8(14)5-12-9(15)7(3)13-10(11)16/h6-8,14H,4-5H2,1-3H3,(H,12,15)(H3,11,13,16). The zero-order valence-corrected chi connectivity index (χ0v) is 9.99. The largest absolute Gasteiger partial charge is 0.391 e. The first kappa shape index (κ1) is 14.7. The predicted molar refractivity (Wildman–Crippen MR) is 60.7 cm³/mol. The van der Waals surface area contributed by atoms with E-state index in [2.05, 4.69) is 10.6 Å². The van der Waals surface area contributed by atoms with Crippen LogP contribution in [0.25, 0.3) is 0 Å². The Morgan fingerprint density at radius 2 is 1.88 bits per heavy atom. The van der Waals surface area contributed by atoms with Crippen molar-refractivity contribution in [2.45, 2.75) is 39.3 Å². The number of amides is 3. The maximum atomic E-state index is 11.4. The van der Waals surface area contributed by atoms with Crippen LogP contribution in [0.15, 0.2) is 0 Å². The van der Waals surface area contributed by atoms with Crippen molar-refractivity contribution in [3.8, 4) is 0 Å². The summed E-state index contributed by atoms with van der Waals surface area (Å²) in [6, 6.07) is -1.44. The van der Waals surface area contributed by atoms with E-state index >= 15 is 0 Å². The highest BCUT2D eigenvalue weighted by Crippen LogP contribution is 2.03. The number of nitrogens with two attached hydrogens (primary N) is 1. The molecule has 0 aromatic carbocycles. The number of aliphatic hydroxyl groups is 1. The van der Waals surface area contributed by atoms with Gasteiger partial charge in [0, 0.05) is 6.54 Å². The van der Waals surface area contributed by atoms with E-state index in [1.807, 2.05) is 13.8 Å². The second-order valence-electron chi connectivity index (χ2n) is 4.26. The van der Waals surface area contributed by atoms with Crippen LogP contribution < -0.4 is 16.4 Å². The Balaban J connectivity index is 3.83. The fourth-order valence-corrected chi connectivity index (χ4v) is 1.28. The number of hydrogen-bond donors (Lipinski definition) is 4. The third kappa shape index (κ3) is 7.05. The number of carbonyl (C=O) groups excluding carboxylic acids is 2. The van der Waals surface area contributed by atoms with Crippen molar-refractivity contribution >= 4 is 11.9 Å². The van der Waals surface area contributed by atoms with Gasteiger partial charge in [-0.1, -0.05) is 13.8 Å². The number of carbonyl (C=O) groups is 2. The average molecular weight is 231 g/mol. The van der Waals surface area contributed by atoms with E-state index in [0.29, 0.717) is 12.3 Å². The summed E-state index contributed by atoms with van der Waals surface area (Å²) in [5.41, 5.74) is 4.87. The van der Waals surface area contributed by atoms with E-state index in [1.54, 1.807) is 0 Å². The van der Waals surface area contributed by atoms with Gasteiger partial charge in [-0.15, -0.1) is 0 Å². The molecule has 0 aromatic heterocycles. The third-order valence-electron chi connectivity index (χ3n) is 2.01. The molecule has 2 atom stereocenters. The smallest absolute Gasteiger partial charge is 0.312 e. The Morgan fingerprint density at radius 1 is 1.31 bits per heavy atom. The molecule has 5 N–H and O–H groups in total. The molecule has 0 spiro atoms. The van der Waals surface area contributed by atoms with Crippen LogP contribution in [0.1, 0.15) is 27.2 Å². The number of hydrogen-bond acceptors (Lipinski definition) is 3. The Bertz CT molecular complexity index is 243. The van der Waals surface area contributed by atoms with Crippen LogP contribution in [0.4, 0.5) is 4.79 Å². The maximum Gasteiger partial charge on any atom is 0.312 e. The summed E-state index contributed by atoms with van der Waals surface area (Å²) in [4.78, 5) is 21.9. The summed E-state index contributed by atoms with van der Waals surface area (Å²) in [6.45, 7) is 5.68. The molecule has 0 aliphatic rings. The molecular formula is C10H21N3O3. The van der Waals surface area contributed by atoms with Crippen molar-refractivity contribution in [3.63, 3.8) is 0 Å². The van der Waals surface area contributed by atoms with Crippen LogP contribution >= 0.6 is 0 Å². The van der Waals surface area contributed by atoms with E-state index in [9.17, 15) is 14.7 Å². The Morgan fingerprint density at radius 3 is 2.31 bits per heavy atom. The molecule has 0 heterocycles. The zero-order chi connectivity index (χ0) is 12.7. The van der Waals surface area contributed by atoms with Crippen molar-refractivity contribution in [2.24, 2.45) is 11.7 Å². The summed E-state index contributed by atoms with van der Waals surface area (Å²) in [6.07, 6.45) is 0.0579. The van der Waals surface area contributed by atoms with Gasteiger partial charge in [0.2, 0.25) is 5.91 Å². The minimum atomic E-state index is -0.745. The van der Waals surface area contributed by atoms with Gasteiger partial charge in [-0.3, -0.25) is 4.79 Å². The lowest BCUT2D eigenvalue weighted by Gasteiger charge is -2.16. The van der Waals surface area contributed by atoms with Crippen molar-refractivity contribution in [1.29, 1.82) is 0 Å². The monoisotopic (exact) mass is 231 g/mol. The van der Waals surface area contributed by atoms with Crippen molar-refractivity contribution < 1.29 is 14.7 Å². The highest BCUT2D eigenvalue weighted by atomic mass is 16.3. The van der Waals surface area contributed by atoms with Gasteiger partial charge in [-0.2, -0.15) is 0 Å². The van der Waals surface area contributed by atoms with E-state index in [-0.39, 0.29) is 12.5 Å². The lowest BCUT2D eigenvalue weighted by Crippen LogP contribution is -2.48. The summed E-state index contributed by atoms with van der Waals surface area (Å²) >= 11 is 0. The molecule has 0 fully saturated rings. The van der Waals surface area contributed by atoms with E-state index in [4.69, 9.17) is 5.73 Å². The summed E-state index contributed by atoms with van der Waals surface area (Å²) < 4.78 is 0. The fraction of sp³-hybridized carbons (Fsp3) is 0.800. The maximum absolute atomic E-state index is 11.4. The molecule has 0 bridgehead atoms. The summed E-state index contributed by atoms with van der Waals surface area (Å²) in [5.74, 6) is 0.00896. The second-order valence-corrected chi connectivity index (χ2v) is 4.26. The third-order valence-corrected chi connectivity index (χ3v) is 2.01. The minimum Gasteiger partial charge on any atom is -0.391 e. The molecule has 0 saturated heterocycles. The number of rotatable bonds is 6. The Kier molecular flexibility index (Phi) is 6.48. The van der Waals surface area contributed by atoms with Crippen LogP contribution in [-0.4, -0.2) is 35.7 Å². The molecule has 94 valence electrons. The van der Waals surface area contributed by atoms with Crippen LogP contribution in [0.5, 0.6) is 0 Å². The molecule has 0 aliphatic heterocycles. The molecule has 0 radical (unpaired) electrons. The van der Waals surface area contributed by atoms with E-state index < -0.39 is 18.2 Å². The molecule has 3 amide bonds. The molecule has 16 heavy (non-hydrogen) atoms. The quantitative estimate of drug-likeness (QED) is 0.498. The van der Waals surface area contributed by atoms with Gasteiger partial charge in [-0.05, 0) is 19.3 Å². The second kappa shape index (κ2) is 7.05. The minimum absolute atomic E-state index is 0.182. The average Bonchev–Trinajstić information content (AvgIpc) is 2.11. The lowest BCUT2D eigenvalue weighted by atomic mass is 10.1. The number of aliphatic hydroxyl groups excluding tert-OH is 1. The molecular weight excluding hydrogens is 210 g/mol. The van der Waals surface area contributed by atoms with Crippen molar-refractivity contribution in [3.05, 3.63) is 0 Å². The van der Waals surface area contributed by atoms with Gasteiger partial charge >= 0.3 is 6.03 Å². The summed E-state index contributed by atoms with van der Waals surface area (Å²) in [7, 11) is 0. The van der Waals surface area contributed by atoms with Gasteiger partial charge in [-0.25, -0.2) is 4.79 Å². The van der Waals surface area contributed by atoms with Crippen LogP contribution in [0.2, 0.25) is 0 Å². The lowest BCUT2D eigenvalue weighted by molar-refractivity contribution is -0.123. The van der Waals surface area contributed by atoms with E-state index in [0.717, 1.165) is 0 Å². The highest BCUT2D eigenvalue weighted by molar-refractivity contribution is 5.86. The zero-order valence-electron chi connectivity index (χ0n) is 9.99. The molecule has 6 nitrogen and oxygen atoms in total. The number of primary amides is 1. The van der Waals surface area contributed by atoms with Gasteiger partial charge < -0.3 is 21.5 Å². The number of urea groups is 1. The predicted octanol–water partition coefficient (Wildman–Crippen LogP) is -0.434. The van der Waals surface area contributed by atoms with Crippen molar-refractivity contribution in [1.82, 2.24) is 10.6 Å².